The van der Waals surface area contributed by atoms with E-state index in [1.165, 1.54) is 5.56 Å². The van der Waals surface area contributed by atoms with Crippen molar-refractivity contribution in [3.8, 4) is 0 Å². The molecule has 1 heterocycles. The van der Waals surface area contributed by atoms with Crippen LogP contribution in [0.5, 0.6) is 0 Å². The van der Waals surface area contributed by atoms with Crippen molar-refractivity contribution in [3.05, 3.63) is 65.0 Å². The molecule has 3 rings (SSSR count). The highest BCUT2D eigenvalue weighted by molar-refractivity contribution is 7.19. The summed E-state index contributed by atoms with van der Waals surface area (Å²) in [5, 5.41) is 3.15. The van der Waals surface area contributed by atoms with Gasteiger partial charge in [0.25, 0.3) is 0 Å². The van der Waals surface area contributed by atoms with Crippen LogP contribution in [0.2, 0.25) is 26.2 Å². The third-order valence-electron chi connectivity index (χ3n) is 4.50. The molecule has 2 aromatic carbocycles. The zero-order chi connectivity index (χ0) is 14.4. The van der Waals surface area contributed by atoms with Crippen LogP contribution in [0, 0.1) is 0 Å². The van der Waals surface area contributed by atoms with Crippen molar-refractivity contribution in [3.63, 3.8) is 0 Å². The Kier molecular flexibility index (Phi) is 3.11. The molecule has 0 aromatic heterocycles. The van der Waals surface area contributed by atoms with Crippen LogP contribution in [0.25, 0.3) is 6.08 Å². The van der Waals surface area contributed by atoms with Crippen LogP contribution in [0.4, 0.5) is 0 Å². The Bertz CT molecular complexity index is 665. The lowest BCUT2D eigenvalue weighted by Crippen LogP contribution is -2.60. The zero-order valence-electron chi connectivity index (χ0n) is 12.8. The molecule has 0 bridgehead atoms. The van der Waals surface area contributed by atoms with Crippen molar-refractivity contribution in [1.29, 1.82) is 0 Å². The van der Waals surface area contributed by atoms with Crippen molar-refractivity contribution in [2.75, 3.05) is 0 Å². The topological polar surface area (TPSA) is 0 Å². The Labute approximate surface area is 124 Å². The summed E-state index contributed by atoms with van der Waals surface area (Å²) in [4.78, 5) is 1.78. The van der Waals surface area contributed by atoms with Gasteiger partial charge in [0.05, 0.1) is 8.07 Å². The molecule has 1 aliphatic rings. The van der Waals surface area contributed by atoms with E-state index in [1.807, 2.05) is 0 Å². The first-order valence-corrected chi connectivity index (χ1v) is 13.3. The van der Waals surface area contributed by atoms with E-state index in [9.17, 15) is 0 Å². The summed E-state index contributed by atoms with van der Waals surface area (Å²) in [6, 6.07) is 20.2. The molecular formula is C18H22Si2. The van der Waals surface area contributed by atoms with Gasteiger partial charge < -0.3 is 0 Å². The number of hydrogen-bond donors (Lipinski definition) is 0. The predicted octanol–water partition coefficient (Wildman–Crippen LogP) is 3.69. The summed E-state index contributed by atoms with van der Waals surface area (Å²) in [7, 11) is -3.04. The number of hydrogen-bond acceptors (Lipinski definition) is 0. The highest BCUT2D eigenvalue weighted by Crippen LogP contribution is 2.33. The summed E-state index contributed by atoms with van der Waals surface area (Å²) in [6.45, 7) is 9.99. The number of fused-ring (bicyclic) bond motifs is 1. The van der Waals surface area contributed by atoms with E-state index in [1.54, 1.807) is 15.2 Å². The van der Waals surface area contributed by atoms with E-state index in [2.05, 4.69) is 86.9 Å². The third kappa shape index (κ3) is 1.95. The van der Waals surface area contributed by atoms with E-state index in [0.29, 0.717) is 0 Å². The fourth-order valence-corrected chi connectivity index (χ4v) is 14.4. The van der Waals surface area contributed by atoms with Gasteiger partial charge in [-0.25, -0.2) is 0 Å². The lowest BCUT2D eigenvalue weighted by molar-refractivity contribution is 1.67. The van der Waals surface area contributed by atoms with E-state index < -0.39 is 16.1 Å². The second-order valence-electron chi connectivity index (χ2n) is 6.89. The maximum absolute atomic E-state index is 2.54. The molecule has 0 fully saturated rings. The largest absolute Gasteiger partial charge is 0.138 e. The molecule has 0 radical (unpaired) electrons. The van der Waals surface area contributed by atoms with Gasteiger partial charge in [0.2, 0.25) is 0 Å². The molecule has 1 aliphatic heterocycles. The molecule has 0 spiro atoms. The Balaban J connectivity index is 2.28. The van der Waals surface area contributed by atoms with Crippen LogP contribution < -0.4 is 10.4 Å². The summed E-state index contributed by atoms with van der Waals surface area (Å²) in [6.07, 6.45) is 2.51. The van der Waals surface area contributed by atoms with E-state index in [0.717, 1.165) is 0 Å². The predicted molar refractivity (Wildman–Crippen MR) is 95.1 cm³/mol. The number of rotatable bonds is 2. The molecule has 2 aromatic rings. The van der Waals surface area contributed by atoms with Gasteiger partial charge in [-0.1, -0.05) is 96.9 Å². The molecule has 0 aliphatic carbocycles. The Morgan fingerprint density at radius 1 is 0.800 bits per heavy atom. The van der Waals surface area contributed by atoms with Crippen LogP contribution in [0.15, 0.2) is 59.4 Å². The minimum absolute atomic E-state index is 1.32. The molecule has 0 nitrogen and oxygen atoms in total. The van der Waals surface area contributed by atoms with Gasteiger partial charge in [-0.2, -0.15) is 0 Å². The molecule has 0 amide bonds. The van der Waals surface area contributed by atoms with Crippen LogP contribution in [-0.2, 0) is 0 Å². The first-order chi connectivity index (χ1) is 9.44. The smallest absolute Gasteiger partial charge is 0.0817 e. The molecule has 0 saturated heterocycles. The highest BCUT2D eigenvalue weighted by atomic mass is 28.4. The number of benzene rings is 2. The standard InChI is InChI=1S/C18H22Si2/c1-19(2,3)18-14-15-10-8-9-13-17(15)20(18,4)16-11-6-5-7-12-16/h5-14H,1-4H3. The molecule has 20 heavy (non-hydrogen) atoms. The SMILES string of the molecule is C[Si](C)(C)C1=Cc2ccccc2[Si]1(C)c1ccccc1. The summed E-state index contributed by atoms with van der Waals surface area (Å²) >= 11 is 0. The Morgan fingerprint density at radius 2 is 1.40 bits per heavy atom. The van der Waals surface area contributed by atoms with Crippen molar-refractivity contribution in [2.45, 2.75) is 26.2 Å². The molecule has 0 N–H and O–H groups in total. The van der Waals surface area contributed by atoms with Crippen LogP contribution >= 0.6 is 0 Å². The molecule has 2 heteroatoms. The average molecular weight is 295 g/mol. The van der Waals surface area contributed by atoms with Crippen molar-refractivity contribution in [1.82, 2.24) is 0 Å². The lowest BCUT2D eigenvalue weighted by atomic mass is 10.2. The summed E-state index contributed by atoms with van der Waals surface area (Å²) in [5.41, 5.74) is 1.46. The third-order valence-corrected chi connectivity index (χ3v) is 14.2. The quantitative estimate of drug-likeness (QED) is 0.741. The Morgan fingerprint density at radius 3 is 2.05 bits per heavy atom. The van der Waals surface area contributed by atoms with Gasteiger partial charge in [-0.3, -0.25) is 0 Å². The van der Waals surface area contributed by atoms with Gasteiger partial charge in [0.15, 0.2) is 0 Å². The molecule has 102 valence electrons. The monoisotopic (exact) mass is 294 g/mol. The minimum atomic E-state index is -1.73. The minimum Gasteiger partial charge on any atom is -0.0817 e. The van der Waals surface area contributed by atoms with Gasteiger partial charge >= 0.3 is 0 Å². The maximum Gasteiger partial charge on any atom is 0.138 e. The Hall–Kier alpha value is -1.39. The molecule has 0 saturated carbocycles. The van der Waals surface area contributed by atoms with E-state index >= 15 is 0 Å². The van der Waals surface area contributed by atoms with Crippen molar-refractivity contribution < 1.29 is 0 Å². The van der Waals surface area contributed by atoms with E-state index in [-0.39, 0.29) is 0 Å². The fraction of sp³-hybridized carbons (Fsp3) is 0.222. The molecular weight excluding hydrogens is 272 g/mol. The van der Waals surface area contributed by atoms with Crippen molar-refractivity contribution in [2.24, 2.45) is 0 Å². The summed E-state index contributed by atoms with van der Waals surface area (Å²) in [5.74, 6) is 0. The molecule has 1 atom stereocenters. The second kappa shape index (κ2) is 4.57. The first kappa shape index (κ1) is 13.6. The highest BCUT2D eigenvalue weighted by Gasteiger charge is 2.45. The second-order valence-corrected chi connectivity index (χ2v) is 16.3. The van der Waals surface area contributed by atoms with Crippen LogP contribution in [-0.4, -0.2) is 16.1 Å². The van der Waals surface area contributed by atoms with Gasteiger partial charge in [-0.05, 0) is 10.8 Å². The van der Waals surface area contributed by atoms with Crippen LogP contribution in [0.1, 0.15) is 5.56 Å². The zero-order valence-corrected chi connectivity index (χ0v) is 14.8. The van der Waals surface area contributed by atoms with Crippen LogP contribution in [0.3, 0.4) is 0 Å². The molecule has 1 unspecified atom stereocenters. The van der Waals surface area contributed by atoms with E-state index in [4.69, 9.17) is 0 Å². The van der Waals surface area contributed by atoms with Crippen molar-refractivity contribution >= 4 is 32.6 Å². The summed E-state index contributed by atoms with van der Waals surface area (Å²) < 4.78 is 0. The fourth-order valence-electron chi connectivity index (χ4n) is 3.57. The normalized spacial score (nSPS) is 21.5. The van der Waals surface area contributed by atoms with Gasteiger partial charge in [0, 0.05) is 0 Å². The first-order valence-electron chi connectivity index (χ1n) is 7.32. The lowest BCUT2D eigenvalue weighted by Gasteiger charge is -2.34. The van der Waals surface area contributed by atoms with Gasteiger partial charge in [0.1, 0.15) is 8.07 Å². The average Bonchev–Trinajstić information content (AvgIpc) is 2.75. The van der Waals surface area contributed by atoms with Gasteiger partial charge in [-0.15, -0.1) is 0 Å². The maximum atomic E-state index is 2.54.